The molecule has 0 spiro atoms. The molecule has 2 aromatic rings. The number of hydrogen-bond donors (Lipinski definition) is 1. The molecule has 18 heavy (non-hydrogen) atoms. The van der Waals surface area contributed by atoms with E-state index in [9.17, 15) is 4.79 Å². The summed E-state index contributed by atoms with van der Waals surface area (Å²) in [4.78, 5) is 11.8. The number of halogens is 1. The van der Waals surface area contributed by atoms with E-state index in [1.807, 2.05) is 43.5 Å². The van der Waals surface area contributed by atoms with Gasteiger partial charge in [-0.3, -0.25) is 9.36 Å². The van der Waals surface area contributed by atoms with E-state index < -0.39 is 0 Å². The minimum absolute atomic E-state index is 0.0259. The maximum absolute atomic E-state index is 11.8. The Bertz CT molecular complexity index is 575. The third-order valence-electron chi connectivity index (χ3n) is 2.63. The van der Waals surface area contributed by atoms with E-state index in [2.05, 4.69) is 5.32 Å². The Kier molecular flexibility index (Phi) is 4.05. The summed E-state index contributed by atoms with van der Waals surface area (Å²) in [5, 5.41) is 3.18. The van der Waals surface area contributed by atoms with Gasteiger partial charge in [-0.15, -0.1) is 11.6 Å². The number of hydrogen-bond acceptors (Lipinski definition) is 2. The number of aromatic nitrogens is 1. The zero-order valence-electron chi connectivity index (χ0n) is 10.2. The zero-order chi connectivity index (χ0) is 13.0. The molecular weight excluding hydrogens is 248 g/mol. The Morgan fingerprint density at radius 3 is 2.56 bits per heavy atom. The van der Waals surface area contributed by atoms with Crippen LogP contribution in [-0.4, -0.2) is 17.0 Å². The van der Waals surface area contributed by atoms with E-state index in [1.54, 1.807) is 10.6 Å². The first-order valence-electron chi connectivity index (χ1n) is 5.80. The summed E-state index contributed by atoms with van der Waals surface area (Å²) in [5.74, 6) is 0.569. The van der Waals surface area contributed by atoms with Gasteiger partial charge in [-0.25, -0.2) is 0 Å². The van der Waals surface area contributed by atoms with Crippen molar-refractivity contribution in [3.05, 3.63) is 58.5 Å². The van der Waals surface area contributed by atoms with E-state index in [4.69, 9.17) is 11.6 Å². The van der Waals surface area contributed by atoms with Gasteiger partial charge in [0.25, 0.3) is 5.56 Å². The average Bonchev–Trinajstić information content (AvgIpc) is 2.40. The number of nitrogens with one attached hydrogen (secondary N) is 1. The Morgan fingerprint density at radius 1 is 1.17 bits per heavy atom. The lowest BCUT2D eigenvalue weighted by Gasteiger charge is -2.08. The maximum atomic E-state index is 11.8. The van der Waals surface area contributed by atoms with Crippen LogP contribution in [0.1, 0.15) is 5.56 Å². The molecular formula is C14H15ClN2O. The van der Waals surface area contributed by atoms with Crippen molar-refractivity contribution in [1.82, 2.24) is 4.57 Å². The summed E-state index contributed by atoms with van der Waals surface area (Å²) < 4.78 is 1.64. The van der Waals surface area contributed by atoms with E-state index in [1.165, 1.54) is 0 Å². The number of alkyl halides is 1. The fourth-order valence-corrected chi connectivity index (χ4v) is 1.82. The lowest BCUT2D eigenvalue weighted by Crippen LogP contribution is -2.16. The van der Waals surface area contributed by atoms with Crippen LogP contribution in [-0.2, 0) is 0 Å². The van der Waals surface area contributed by atoms with Crippen LogP contribution < -0.4 is 10.9 Å². The van der Waals surface area contributed by atoms with Crippen molar-refractivity contribution in [2.45, 2.75) is 6.92 Å². The molecule has 94 valence electrons. The molecule has 0 radical (unpaired) electrons. The highest BCUT2D eigenvalue weighted by Gasteiger charge is 1.99. The Balaban J connectivity index is 2.28. The van der Waals surface area contributed by atoms with Crippen molar-refractivity contribution < 1.29 is 0 Å². The van der Waals surface area contributed by atoms with Gasteiger partial charge in [0, 0.05) is 36.1 Å². The standard InChI is InChI=1S/C14H15ClN2O/c1-11-2-7-14(18)17(10-11)13-5-3-12(4-6-13)16-9-8-15/h2-7,10,16H,8-9H2,1H3. The molecule has 2 rings (SSSR count). The second-order valence-electron chi connectivity index (χ2n) is 4.08. The number of rotatable bonds is 4. The number of nitrogens with zero attached hydrogens (tertiary/aromatic N) is 1. The molecule has 0 aliphatic carbocycles. The minimum atomic E-state index is -0.0259. The van der Waals surface area contributed by atoms with E-state index in [-0.39, 0.29) is 5.56 Å². The average molecular weight is 263 g/mol. The van der Waals surface area contributed by atoms with E-state index in [0.717, 1.165) is 23.5 Å². The van der Waals surface area contributed by atoms with Crippen molar-refractivity contribution in [2.24, 2.45) is 0 Å². The molecule has 0 bridgehead atoms. The van der Waals surface area contributed by atoms with E-state index >= 15 is 0 Å². The first-order chi connectivity index (χ1) is 8.70. The highest BCUT2D eigenvalue weighted by molar-refractivity contribution is 6.18. The first-order valence-corrected chi connectivity index (χ1v) is 6.34. The van der Waals surface area contributed by atoms with Gasteiger partial charge in [-0.05, 0) is 36.8 Å². The number of aryl methyl sites for hydroxylation is 1. The monoisotopic (exact) mass is 262 g/mol. The highest BCUT2D eigenvalue weighted by Crippen LogP contribution is 2.12. The molecule has 1 N–H and O–H groups in total. The van der Waals surface area contributed by atoms with Gasteiger partial charge in [-0.1, -0.05) is 6.07 Å². The molecule has 4 heteroatoms. The number of pyridine rings is 1. The molecule has 0 aliphatic heterocycles. The number of anilines is 1. The minimum Gasteiger partial charge on any atom is -0.384 e. The molecule has 0 aliphatic rings. The predicted octanol–water partition coefficient (Wildman–Crippen LogP) is 2.80. The summed E-state index contributed by atoms with van der Waals surface area (Å²) in [6, 6.07) is 11.1. The molecule has 0 saturated carbocycles. The van der Waals surface area contributed by atoms with Crippen LogP contribution in [0.15, 0.2) is 47.4 Å². The van der Waals surface area contributed by atoms with Crippen LogP contribution in [0, 0.1) is 6.92 Å². The van der Waals surface area contributed by atoms with Crippen LogP contribution in [0.4, 0.5) is 5.69 Å². The van der Waals surface area contributed by atoms with Crippen molar-refractivity contribution in [2.75, 3.05) is 17.7 Å². The van der Waals surface area contributed by atoms with Gasteiger partial charge in [0.2, 0.25) is 0 Å². The quantitative estimate of drug-likeness (QED) is 0.860. The fraction of sp³-hybridized carbons (Fsp3) is 0.214. The summed E-state index contributed by atoms with van der Waals surface area (Å²) in [5.41, 5.74) is 2.89. The Morgan fingerprint density at radius 2 is 1.89 bits per heavy atom. The topological polar surface area (TPSA) is 34.0 Å². The molecule has 3 nitrogen and oxygen atoms in total. The summed E-state index contributed by atoms with van der Waals surface area (Å²) in [6.45, 7) is 2.69. The number of benzene rings is 1. The van der Waals surface area contributed by atoms with E-state index in [0.29, 0.717) is 5.88 Å². The van der Waals surface area contributed by atoms with Crippen LogP contribution in [0.5, 0.6) is 0 Å². The molecule has 0 amide bonds. The van der Waals surface area contributed by atoms with Gasteiger partial charge >= 0.3 is 0 Å². The molecule has 0 saturated heterocycles. The maximum Gasteiger partial charge on any atom is 0.255 e. The van der Waals surface area contributed by atoms with Gasteiger partial charge < -0.3 is 5.32 Å². The predicted molar refractivity (Wildman–Crippen MR) is 76.0 cm³/mol. The van der Waals surface area contributed by atoms with Crippen LogP contribution >= 0.6 is 11.6 Å². The molecule has 0 unspecified atom stereocenters. The molecule has 0 atom stereocenters. The SMILES string of the molecule is Cc1ccc(=O)n(-c2ccc(NCCCl)cc2)c1. The molecule has 1 heterocycles. The largest absolute Gasteiger partial charge is 0.384 e. The zero-order valence-corrected chi connectivity index (χ0v) is 10.9. The highest BCUT2D eigenvalue weighted by atomic mass is 35.5. The van der Waals surface area contributed by atoms with Crippen molar-refractivity contribution in [3.63, 3.8) is 0 Å². The Hall–Kier alpha value is -1.74. The summed E-state index contributed by atoms with van der Waals surface area (Å²) in [6.07, 6.45) is 1.84. The van der Waals surface area contributed by atoms with Crippen LogP contribution in [0.3, 0.4) is 0 Å². The van der Waals surface area contributed by atoms with Gasteiger partial charge in [-0.2, -0.15) is 0 Å². The fourth-order valence-electron chi connectivity index (χ4n) is 1.73. The smallest absolute Gasteiger partial charge is 0.255 e. The van der Waals surface area contributed by atoms with Gasteiger partial charge in [0.15, 0.2) is 0 Å². The second kappa shape index (κ2) is 5.74. The lowest BCUT2D eigenvalue weighted by molar-refractivity contribution is 0.976. The van der Waals surface area contributed by atoms with Gasteiger partial charge in [0.05, 0.1) is 0 Å². The van der Waals surface area contributed by atoms with Gasteiger partial charge in [0.1, 0.15) is 0 Å². The third-order valence-corrected chi connectivity index (χ3v) is 2.82. The van der Waals surface area contributed by atoms with Crippen LogP contribution in [0.25, 0.3) is 5.69 Å². The van der Waals surface area contributed by atoms with Crippen molar-refractivity contribution >= 4 is 17.3 Å². The summed E-state index contributed by atoms with van der Waals surface area (Å²) in [7, 11) is 0. The Labute approximate surface area is 111 Å². The normalized spacial score (nSPS) is 10.3. The summed E-state index contributed by atoms with van der Waals surface area (Å²) >= 11 is 5.61. The van der Waals surface area contributed by atoms with Crippen molar-refractivity contribution in [3.8, 4) is 5.69 Å². The van der Waals surface area contributed by atoms with Crippen LogP contribution in [0.2, 0.25) is 0 Å². The lowest BCUT2D eigenvalue weighted by atomic mass is 10.2. The molecule has 1 aromatic heterocycles. The second-order valence-corrected chi connectivity index (χ2v) is 4.46. The third kappa shape index (κ3) is 2.93. The first kappa shape index (κ1) is 12.7. The van der Waals surface area contributed by atoms with Crippen molar-refractivity contribution in [1.29, 1.82) is 0 Å². The molecule has 0 fully saturated rings. The molecule has 1 aromatic carbocycles.